The van der Waals surface area contributed by atoms with Crippen LogP contribution in [-0.4, -0.2) is 25.0 Å². The first kappa shape index (κ1) is 15.6. The van der Waals surface area contributed by atoms with E-state index in [9.17, 15) is 4.79 Å². The SMILES string of the molecule is Cc1cc(Cl)nc(Cl)c1NC(=O)c1cccc(N(C)C)c1. The minimum Gasteiger partial charge on any atom is -0.378 e. The van der Waals surface area contributed by atoms with E-state index in [1.165, 1.54) is 0 Å². The summed E-state index contributed by atoms with van der Waals surface area (Å²) in [6, 6.07) is 8.97. The summed E-state index contributed by atoms with van der Waals surface area (Å²) >= 11 is 11.8. The quantitative estimate of drug-likeness (QED) is 0.868. The van der Waals surface area contributed by atoms with Crippen LogP contribution in [0.5, 0.6) is 0 Å². The lowest BCUT2D eigenvalue weighted by atomic mass is 10.1. The van der Waals surface area contributed by atoms with E-state index in [0.29, 0.717) is 16.4 Å². The van der Waals surface area contributed by atoms with Crippen molar-refractivity contribution in [3.63, 3.8) is 0 Å². The van der Waals surface area contributed by atoms with Crippen molar-refractivity contribution in [2.45, 2.75) is 6.92 Å². The molecular formula is C15H15Cl2N3O. The molecule has 1 aromatic carbocycles. The average molecular weight is 324 g/mol. The van der Waals surface area contributed by atoms with Gasteiger partial charge in [-0.15, -0.1) is 0 Å². The number of aryl methyl sites for hydroxylation is 1. The van der Waals surface area contributed by atoms with Crippen molar-refractivity contribution >= 4 is 40.5 Å². The van der Waals surface area contributed by atoms with Gasteiger partial charge in [-0.25, -0.2) is 4.98 Å². The largest absolute Gasteiger partial charge is 0.378 e. The maximum atomic E-state index is 12.3. The van der Waals surface area contributed by atoms with Gasteiger partial charge in [-0.05, 0) is 36.8 Å². The monoisotopic (exact) mass is 323 g/mol. The molecule has 0 saturated carbocycles. The molecule has 1 heterocycles. The number of carbonyl (C=O) groups excluding carboxylic acids is 1. The third-order valence-corrected chi connectivity index (χ3v) is 3.47. The van der Waals surface area contributed by atoms with Crippen molar-refractivity contribution in [3.05, 3.63) is 51.8 Å². The van der Waals surface area contributed by atoms with Crippen LogP contribution >= 0.6 is 23.2 Å². The third-order valence-electron chi connectivity index (χ3n) is 3.00. The zero-order valence-electron chi connectivity index (χ0n) is 11.9. The molecule has 21 heavy (non-hydrogen) atoms. The van der Waals surface area contributed by atoms with Crippen molar-refractivity contribution in [3.8, 4) is 0 Å². The zero-order chi connectivity index (χ0) is 15.6. The van der Waals surface area contributed by atoms with Crippen LogP contribution in [0.25, 0.3) is 0 Å². The molecule has 1 amide bonds. The number of hydrogen-bond donors (Lipinski definition) is 1. The summed E-state index contributed by atoms with van der Waals surface area (Å²) in [6.45, 7) is 1.81. The van der Waals surface area contributed by atoms with Gasteiger partial charge in [0.15, 0.2) is 5.15 Å². The Hall–Kier alpha value is -1.78. The first-order chi connectivity index (χ1) is 9.88. The Morgan fingerprint density at radius 3 is 2.57 bits per heavy atom. The number of nitrogens with zero attached hydrogens (tertiary/aromatic N) is 2. The number of amides is 1. The predicted octanol–water partition coefficient (Wildman–Crippen LogP) is 4.02. The number of halogens is 2. The molecule has 1 aromatic heterocycles. The second-order valence-corrected chi connectivity index (χ2v) is 5.57. The van der Waals surface area contributed by atoms with Gasteiger partial charge < -0.3 is 10.2 Å². The molecule has 0 aliphatic rings. The molecule has 0 saturated heterocycles. The van der Waals surface area contributed by atoms with Crippen molar-refractivity contribution in [2.75, 3.05) is 24.3 Å². The highest BCUT2D eigenvalue weighted by molar-refractivity contribution is 6.35. The van der Waals surface area contributed by atoms with Crippen LogP contribution in [0.4, 0.5) is 11.4 Å². The topological polar surface area (TPSA) is 45.2 Å². The molecule has 0 unspecified atom stereocenters. The first-order valence-corrected chi connectivity index (χ1v) is 7.05. The predicted molar refractivity (Wildman–Crippen MR) is 87.7 cm³/mol. The maximum absolute atomic E-state index is 12.3. The lowest BCUT2D eigenvalue weighted by molar-refractivity contribution is 0.102. The van der Waals surface area contributed by atoms with E-state index in [2.05, 4.69) is 10.3 Å². The molecule has 0 atom stereocenters. The Labute approximate surface area is 133 Å². The highest BCUT2D eigenvalue weighted by atomic mass is 35.5. The average Bonchev–Trinajstić information content (AvgIpc) is 2.42. The standard InChI is InChI=1S/C15H15Cl2N3O/c1-9-7-12(16)18-14(17)13(9)19-15(21)10-5-4-6-11(8-10)20(2)3/h4-8H,1-3H3,(H,19,21). The minimum absolute atomic E-state index is 0.178. The molecule has 0 spiro atoms. The molecule has 0 fully saturated rings. The van der Waals surface area contributed by atoms with E-state index < -0.39 is 0 Å². The normalized spacial score (nSPS) is 10.3. The summed E-state index contributed by atoms with van der Waals surface area (Å²) in [5, 5.41) is 3.25. The number of anilines is 2. The van der Waals surface area contributed by atoms with E-state index in [-0.39, 0.29) is 11.1 Å². The lowest BCUT2D eigenvalue weighted by Gasteiger charge is -2.14. The van der Waals surface area contributed by atoms with E-state index in [4.69, 9.17) is 23.2 Å². The Morgan fingerprint density at radius 1 is 1.24 bits per heavy atom. The molecule has 0 radical (unpaired) electrons. The number of pyridine rings is 1. The van der Waals surface area contributed by atoms with Crippen molar-refractivity contribution in [2.24, 2.45) is 0 Å². The first-order valence-electron chi connectivity index (χ1n) is 6.30. The number of nitrogens with one attached hydrogen (secondary N) is 1. The van der Waals surface area contributed by atoms with Crippen LogP contribution in [0.3, 0.4) is 0 Å². The fourth-order valence-corrected chi connectivity index (χ4v) is 2.44. The molecule has 0 aliphatic carbocycles. The molecule has 0 aliphatic heterocycles. The Morgan fingerprint density at radius 2 is 1.95 bits per heavy atom. The van der Waals surface area contributed by atoms with Gasteiger partial charge in [-0.1, -0.05) is 29.3 Å². The molecule has 6 heteroatoms. The van der Waals surface area contributed by atoms with Gasteiger partial charge in [0, 0.05) is 25.3 Å². The zero-order valence-corrected chi connectivity index (χ0v) is 13.5. The summed E-state index contributed by atoms with van der Waals surface area (Å²) in [5.74, 6) is -0.243. The summed E-state index contributed by atoms with van der Waals surface area (Å²) in [7, 11) is 3.84. The number of rotatable bonds is 3. The van der Waals surface area contributed by atoms with Crippen LogP contribution in [0, 0.1) is 6.92 Å². The van der Waals surface area contributed by atoms with Gasteiger partial charge in [-0.2, -0.15) is 0 Å². The summed E-state index contributed by atoms with van der Waals surface area (Å²) in [5.41, 5.74) is 2.73. The fourth-order valence-electron chi connectivity index (χ4n) is 1.86. The van der Waals surface area contributed by atoms with Crippen LogP contribution in [0.1, 0.15) is 15.9 Å². The van der Waals surface area contributed by atoms with Crippen molar-refractivity contribution < 1.29 is 4.79 Å². The van der Waals surface area contributed by atoms with Crippen LogP contribution in [0.2, 0.25) is 10.3 Å². The third kappa shape index (κ3) is 3.65. The van der Waals surface area contributed by atoms with Gasteiger partial charge in [0.05, 0.1) is 5.69 Å². The molecule has 1 N–H and O–H groups in total. The highest BCUT2D eigenvalue weighted by Gasteiger charge is 2.13. The number of carbonyl (C=O) groups is 1. The smallest absolute Gasteiger partial charge is 0.255 e. The number of aromatic nitrogens is 1. The number of hydrogen-bond acceptors (Lipinski definition) is 3. The summed E-state index contributed by atoms with van der Waals surface area (Å²) in [6.07, 6.45) is 0. The van der Waals surface area contributed by atoms with Gasteiger partial charge >= 0.3 is 0 Å². The molecule has 2 aromatic rings. The molecular weight excluding hydrogens is 309 g/mol. The van der Waals surface area contributed by atoms with Gasteiger partial charge in [-0.3, -0.25) is 4.79 Å². The van der Waals surface area contributed by atoms with Gasteiger partial charge in [0.25, 0.3) is 5.91 Å². The second-order valence-electron chi connectivity index (χ2n) is 4.83. The minimum atomic E-state index is -0.243. The van der Waals surface area contributed by atoms with Gasteiger partial charge in [0.1, 0.15) is 5.15 Å². The lowest BCUT2D eigenvalue weighted by Crippen LogP contribution is -2.15. The van der Waals surface area contributed by atoms with Crippen LogP contribution in [0.15, 0.2) is 30.3 Å². The highest BCUT2D eigenvalue weighted by Crippen LogP contribution is 2.27. The van der Waals surface area contributed by atoms with Crippen LogP contribution < -0.4 is 10.2 Å². The summed E-state index contributed by atoms with van der Waals surface area (Å²) in [4.78, 5) is 18.2. The Balaban J connectivity index is 2.28. The van der Waals surface area contributed by atoms with Crippen molar-refractivity contribution in [1.82, 2.24) is 4.98 Å². The molecule has 0 bridgehead atoms. The molecule has 4 nitrogen and oxygen atoms in total. The van der Waals surface area contributed by atoms with E-state index >= 15 is 0 Å². The molecule has 2 rings (SSSR count). The number of benzene rings is 1. The Bertz CT molecular complexity index is 663. The van der Waals surface area contributed by atoms with Gasteiger partial charge in [0.2, 0.25) is 0 Å². The fraction of sp³-hybridized carbons (Fsp3) is 0.200. The molecule has 110 valence electrons. The second kappa shape index (κ2) is 6.33. The van der Waals surface area contributed by atoms with Crippen molar-refractivity contribution in [1.29, 1.82) is 0 Å². The van der Waals surface area contributed by atoms with E-state index in [0.717, 1.165) is 11.3 Å². The maximum Gasteiger partial charge on any atom is 0.255 e. The Kier molecular flexibility index (Phi) is 4.70. The van der Waals surface area contributed by atoms with Crippen LogP contribution in [-0.2, 0) is 0 Å². The van der Waals surface area contributed by atoms with E-state index in [1.54, 1.807) is 12.1 Å². The summed E-state index contributed by atoms with van der Waals surface area (Å²) < 4.78 is 0. The van der Waals surface area contributed by atoms with E-state index in [1.807, 2.05) is 44.1 Å².